The summed E-state index contributed by atoms with van der Waals surface area (Å²) in [6, 6.07) is 13.8. The van der Waals surface area contributed by atoms with Crippen LogP contribution in [0.1, 0.15) is 5.56 Å². The zero-order chi connectivity index (χ0) is 15.2. The van der Waals surface area contributed by atoms with Crippen LogP contribution in [-0.4, -0.2) is 12.5 Å². The molecule has 6 heteroatoms. The molecule has 0 aromatic heterocycles. The summed E-state index contributed by atoms with van der Waals surface area (Å²) in [6.45, 7) is -0.187. The van der Waals surface area contributed by atoms with Crippen molar-refractivity contribution in [2.24, 2.45) is 0 Å². The Labute approximate surface area is 135 Å². The second kappa shape index (κ2) is 7.11. The fraction of sp³-hybridized carbons (Fsp3) is 0.0667. The largest absolute Gasteiger partial charge is 0.482 e. The van der Waals surface area contributed by atoms with E-state index in [9.17, 15) is 4.79 Å². The van der Waals surface area contributed by atoms with Gasteiger partial charge in [0.25, 0.3) is 5.91 Å². The van der Waals surface area contributed by atoms with Crippen LogP contribution in [0, 0.1) is 11.3 Å². The Hall–Kier alpha value is -2.03. The maximum atomic E-state index is 11.8. The fourth-order valence-electron chi connectivity index (χ4n) is 1.61. The van der Waals surface area contributed by atoms with Crippen LogP contribution in [0.2, 0.25) is 5.02 Å². The molecular weight excluding hydrogens is 356 g/mol. The van der Waals surface area contributed by atoms with Gasteiger partial charge >= 0.3 is 0 Å². The molecule has 0 unspecified atom stereocenters. The van der Waals surface area contributed by atoms with E-state index < -0.39 is 0 Å². The predicted octanol–water partition coefficient (Wildman–Crippen LogP) is 3.99. The van der Waals surface area contributed by atoms with Gasteiger partial charge in [0.15, 0.2) is 6.61 Å². The van der Waals surface area contributed by atoms with Gasteiger partial charge in [0, 0.05) is 9.50 Å². The summed E-state index contributed by atoms with van der Waals surface area (Å²) in [5.41, 5.74) is 0.986. The summed E-state index contributed by atoms with van der Waals surface area (Å²) in [6.07, 6.45) is 0. The molecule has 1 amide bonds. The van der Waals surface area contributed by atoms with Crippen molar-refractivity contribution in [3.63, 3.8) is 0 Å². The van der Waals surface area contributed by atoms with Gasteiger partial charge in [0.05, 0.1) is 11.3 Å². The number of rotatable bonds is 4. The van der Waals surface area contributed by atoms with Crippen LogP contribution < -0.4 is 10.1 Å². The molecule has 4 nitrogen and oxygen atoms in total. The maximum absolute atomic E-state index is 11.8. The smallest absolute Gasteiger partial charge is 0.262 e. The average molecular weight is 366 g/mol. The summed E-state index contributed by atoms with van der Waals surface area (Å²) in [7, 11) is 0. The average Bonchev–Trinajstić information content (AvgIpc) is 2.48. The molecule has 0 aliphatic rings. The topological polar surface area (TPSA) is 62.1 Å². The molecule has 0 radical (unpaired) electrons. The molecule has 0 saturated carbocycles. The Balaban J connectivity index is 1.98. The summed E-state index contributed by atoms with van der Waals surface area (Å²) >= 11 is 9.14. The zero-order valence-electron chi connectivity index (χ0n) is 10.8. The first-order valence-corrected chi connectivity index (χ1v) is 7.14. The van der Waals surface area contributed by atoms with Gasteiger partial charge < -0.3 is 10.1 Å². The Bertz CT molecular complexity index is 713. The van der Waals surface area contributed by atoms with Crippen molar-refractivity contribution in [1.29, 1.82) is 5.26 Å². The summed E-state index contributed by atoms with van der Waals surface area (Å²) < 4.78 is 6.03. The highest BCUT2D eigenvalue weighted by atomic mass is 79.9. The molecule has 106 valence electrons. The van der Waals surface area contributed by atoms with Crippen molar-refractivity contribution in [3.05, 3.63) is 57.5 Å². The number of benzene rings is 2. The highest BCUT2D eigenvalue weighted by molar-refractivity contribution is 9.10. The number of ether oxygens (including phenoxy) is 1. The lowest BCUT2D eigenvalue weighted by Crippen LogP contribution is -2.20. The van der Waals surface area contributed by atoms with Gasteiger partial charge in [0.1, 0.15) is 11.8 Å². The first kappa shape index (κ1) is 15.4. The number of amides is 1. The van der Waals surface area contributed by atoms with Crippen molar-refractivity contribution >= 4 is 39.1 Å². The van der Waals surface area contributed by atoms with Crippen molar-refractivity contribution in [3.8, 4) is 11.8 Å². The molecular formula is C15H10BrClN2O2. The number of hydrogen-bond donors (Lipinski definition) is 1. The lowest BCUT2D eigenvalue weighted by Gasteiger charge is -2.09. The van der Waals surface area contributed by atoms with Crippen LogP contribution in [0.4, 0.5) is 5.69 Å². The highest BCUT2D eigenvalue weighted by Crippen LogP contribution is 2.25. The fourth-order valence-corrected chi connectivity index (χ4v) is 2.39. The van der Waals surface area contributed by atoms with Crippen molar-refractivity contribution in [1.82, 2.24) is 0 Å². The maximum Gasteiger partial charge on any atom is 0.262 e. The van der Waals surface area contributed by atoms with Crippen LogP contribution in [-0.2, 0) is 4.79 Å². The van der Waals surface area contributed by atoms with Gasteiger partial charge in [-0.25, -0.2) is 0 Å². The quantitative estimate of drug-likeness (QED) is 0.891. The van der Waals surface area contributed by atoms with E-state index >= 15 is 0 Å². The third kappa shape index (κ3) is 4.22. The second-order valence-electron chi connectivity index (χ2n) is 4.07. The van der Waals surface area contributed by atoms with Crippen molar-refractivity contribution in [2.45, 2.75) is 0 Å². The predicted molar refractivity (Wildman–Crippen MR) is 84.4 cm³/mol. The van der Waals surface area contributed by atoms with Gasteiger partial charge in [-0.15, -0.1) is 0 Å². The Kier molecular flexibility index (Phi) is 5.20. The van der Waals surface area contributed by atoms with E-state index in [2.05, 4.69) is 21.2 Å². The zero-order valence-corrected chi connectivity index (χ0v) is 13.1. The van der Waals surface area contributed by atoms with E-state index in [0.717, 1.165) is 0 Å². The first-order chi connectivity index (χ1) is 10.1. The minimum absolute atomic E-state index is 0.187. The monoisotopic (exact) mass is 364 g/mol. The molecule has 2 aromatic carbocycles. The third-order valence-corrected chi connectivity index (χ3v) is 3.46. The van der Waals surface area contributed by atoms with Gasteiger partial charge in [-0.05, 0) is 46.3 Å². The Morgan fingerprint density at radius 1 is 1.33 bits per heavy atom. The van der Waals surface area contributed by atoms with E-state index in [1.165, 1.54) is 0 Å². The summed E-state index contributed by atoms with van der Waals surface area (Å²) in [5.74, 6) is 0.0519. The van der Waals surface area contributed by atoms with E-state index in [1.807, 2.05) is 6.07 Å². The molecule has 2 rings (SSSR count). The summed E-state index contributed by atoms with van der Waals surface area (Å²) in [5, 5.41) is 12.2. The van der Waals surface area contributed by atoms with E-state index in [0.29, 0.717) is 26.5 Å². The Morgan fingerprint density at radius 3 is 2.81 bits per heavy atom. The SMILES string of the molecule is N#Cc1ccccc1OCC(=O)Nc1ccc(Cl)cc1Br. The molecule has 2 aromatic rings. The molecule has 0 aliphatic heterocycles. The highest BCUT2D eigenvalue weighted by Gasteiger charge is 2.08. The number of halogens is 2. The minimum atomic E-state index is -0.328. The second-order valence-corrected chi connectivity index (χ2v) is 5.36. The molecule has 0 heterocycles. The first-order valence-electron chi connectivity index (χ1n) is 5.97. The summed E-state index contributed by atoms with van der Waals surface area (Å²) in [4.78, 5) is 11.8. The van der Waals surface area contributed by atoms with Crippen LogP contribution >= 0.6 is 27.5 Å². The van der Waals surface area contributed by atoms with Gasteiger partial charge in [-0.2, -0.15) is 5.26 Å². The standard InChI is InChI=1S/C15H10BrClN2O2/c16-12-7-11(17)5-6-13(12)19-15(20)9-21-14-4-2-1-3-10(14)8-18/h1-7H,9H2,(H,19,20). The number of para-hydroxylation sites is 1. The van der Waals surface area contributed by atoms with Crippen molar-refractivity contribution < 1.29 is 9.53 Å². The van der Waals surface area contributed by atoms with Crippen LogP contribution in [0.3, 0.4) is 0 Å². The normalized spacial score (nSPS) is 9.76. The van der Waals surface area contributed by atoms with E-state index in [4.69, 9.17) is 21.6 Å². The molecule has 0 spiro atoms. The third-order valence-electron chi connectivity index (χ3n) is 2.57. The van der Waals surface area contributed by atoms with Crippen molar-refractivity contribution in [2.75, 3.05) is 11.9 Å². The molecule has 0 aliphatic carbocycles. The van der Waals surface area contributed by atoms with E-state index in [-0.39, 0.29) is 12.5 Å². The molecule has 21 heavy (non-hydrogen) atoms. The van der Waals surface area contributed by atoms with Gasteiger partial charge in [-0.3, -0.25) is 4.79 Å². The number of nitrogens with one attached hydrogen (secondary N) is 1. The number of anilines is 1. The minimum Gasteiger partial charge on any atom is -0.482 e. The van der Waals surface area contributed by atoms with E-state index in [1.54, 1.807) is 42.5 Å². The Morgan fingerprint density at radius 2 is 2.10 bits per heavy atom. The number of nitriles is 1. The van der Waals surface area contributed by atoms with Gasteiger partial charge in [0.2, 0.25) is 0 Å². The van der Waals surface area contributed by atoms with Crippen LogP contribution in [0.15, 0.2) is 46.9 Å². The lowest BCUT2D eigenvalue weighted by molar-refractivity contribution is -0.118. The molecule has 0 fully saturated rings. The molecule has 0 atom stereocenters. The molecule has 0 saturated heterocycles. The lowest BCUT2D eigenvalue weighted by atomic mass is 10.2. The van der Waals surface area contributed by atoms with Crippen LogP contribution in [0.5, 0.6) is 5.75 Å². The molecule has 1 N–H and O–H groups in total. The van der Waals surface area contributed by atoms with Crippen LogP contribution in [0.25, 0.3) is 0 Å². The number of hydrogen-bond acceptors (Lipinski definition) is 3. The molecule has 0 bridgehead atoms. The number of nitrogens with zero attached hydrogens (tertiary/aromatic N) is 1. The number of carbonyl (C=O) groups excluding carboxylic acids is 1. The van der Waals surface area contributed by atoms with Gasteiger partial charge in [-0.1, -0.05) is 23.7 Å². The number of carbonyl (C=O) groups is 1.